The summed E-state index contributed by atoms with van der Waals surface area (Å²) in [5.41, 5.74) is 3.06. The number of aryl methyl sites for hydroxylation is 2. The van der Waals surface area contributed by atoms with Crippen molar-refractivity contribution in [1.29, 1.82) is 0 Å². The van der Waals surface area contributed by atoms with E-state index < -0.39 is 24.5 Å². The van der Waals surface area contributed by atoms with Gasteiger partial charge >= 0.3 is 5.97 Å². The van der Waals surface area contributed by atoms with Gasteiger partial charge in [-0.05, 0) is 49.6 Å². The van der Waals surface area contributed by atoms with Crippen LogP contribution in [0.25, 0.3) is 5.00 Å². The van der Waals surface area contributed by atoms with Crippen LogP contribution >= 0.6 is 11.3 Å². The van der Waals surface area contributed by atoms with Crippen LogP contribution in [0.2, 0.25) is 0 Å². The van der Waals surface area contributed by atoms with E-state index in [-0.39, 0.29) is 0 Å². The maximum atomic E-state index is 12.6. The summed E-state index contributed by atoms with van der Waals surface area (Å²) in [7, 11) is 0. The first-order chi connectivity index (χ1) is 13.0. The minimum absolute atomic E-state index is 0.327. The fourth-order valence-corrected chi connectivity index (χ4v) is 4.18. The van der Waals surface area contributed by atoms with Gasteiger partial charge in [0.1, 0.15) is 5.00 Å². The zero-order valence-corrected chi connectivity index (χ0v) is 15.6. The molecule has 3 aromatic rings. The Kier molecular flexibility index (Phi) is 4.16. The highest BCUT2D eigenvalue weighted by Gasteiger charge is 2.36. The second-order valence-corrected chi connectivity index (χ2v) is 7.13. The third kappa shape index (κ3) is 2.76. The van der Waals surface area contributed by atoms with E-state index in [1.54, 1.807) is 30.3 Å². The zero-order chi connectivity index (χ0) is 19.1. The third-order valence-electron chi connectivity index (χ3n) is 4.54. The van der Waals surface area contributed by atoms with Gasteiger partial charge in [0.25, 0.3) is 11.8 Å². The van der Waals surface area contributed by atoms with E-state index in [0.717, 1.165) is 21.3 Å². The van der Waals surface area contributed by atoms with Crippen LogP contribution in [-0.2, 0) is 4.74 Å². The van der Waals surface area contributed by atoms with E-state index in [4.69, 9.17) is 4.74 Å². The van der Waals surface area contributed by atoms with Gasteiger partial charge in [0.05, 0.1) is 16.7 Å². The number of carbonyl (C=O) groups is 3. The summed E-state index contributed by atoms with van der Waals surface area (Å²) in [5.74, 6) is -1.48. The highest BCUT2D eigenvalue weighted by Crippen LogP contribution is 2.27. The Bertz CT molecular complexity index is 1020. The molecule has 0 unspecified atom stereocenters. The van der Waals surface area contributed by atoms with Crippen LogP contribution in [0.5, 0.6) is 0 Å². The number of benzene rings is 1. The second kappa shape index (κ2) is 6.51. The number of hydrogen-bond acceptors (Lipinski definition) is 5. The molecule has 3 heterocycles. The van der Waals surface area contributed by atoms with Crippen molar-refractivity contribution in [3.05, 3.63) is 75.9 Å². The van der Waals surface area contributed by atoms with Crippen LogP contribution in [0.3, 0.4) is 0 Å². The van der Waals surface area contributed by atoms with E-state index in [0.29, 0.717) is 16.7 Å². The van der Waals surface area contributed by atoms with Gasteiger partial charge in [-0.1, -0.05) is 12.1 Å². The number of fused-ring (bicyclic) bond motifs is 1. The number of imide groups is 1. The summed E-state index contributed by atoms with van der Waals surface area (Å²) in [4.78, 5) is 38.3. The predicted octanol–water partition coefficient (Wildman–Crippen LogP) is 3.57. The molecule has 1 aliphatic heterocycles. The van der Waals surface area contributed by atoms with Crippen LogP contribution in [0, 0.1) is 13.8 Å². The van der Waals surface area contributed by atoms with E-state index >= 15 is 0 Å². The standard InChI is InChI=1S/C20H16N2O4S/c1-12-7-8-13(2)22(12)19-16(9-10-27-19)20(25)26-11-21-17(23)14-5-3-4-6-15(14)18(21)24/h3-10H,11H2,1-2H3. The zero-order valence-electron chi connectivity index (χ0n) is 14.8. The number of esters is 1. The number of hydrogen-bond donors (Lipinski definition) is 0. The van der Waals surface area contributed by atoms with Gasteiger partial charge < -0.3 is 9.30 Å². The summed E-state index contributed by atoms with van der Waals surface area (Å²) >= 11 is 1.43. The monoisotopic (exact) mass is 380 g/mol. The Labute approximate surface area is 159 Å². The summed E-state index contributed by atoms with van der Waals surface area (Å²) in [6.07, 6.45) is 0. The number of amides is 2. The van der Waals surface area contributed by atoms with E-state index in [9.17, 15) is 14.4 Å². The molecule has 0 aliphatic carbocycles. The number of ether oxygens (including phenoxy) is 1. The lowest BCUT2D eigenvalue weighted by molar-refractivity contribution is 0.0228. The van der Waals surface area contributed by atoms with Crippen molar-refractivity contribution in [2.24, 2.45) is 0 Å². The van der Waals surface area contributed by atoms with Gasteiger partial charge in [0, 0.05) is 11.4 Å². The Hall–Kier alpha value is -3.19. The first-order valence-corrected chi connectivity index (χ1v) is 9.22. The average Bonchev–Trinajstić information content (AvgIpc) is 3.32. The minimum atomic E-state index is -0.574. The number of aromatic nitrogens is 1. The molecule has 6 nitrogen and oxygen atoms in total. The molecule has 0 atom stereocenters. The molecule has 2 amide bonds. The van der Waals surface area contributed by atoms with Crippen molar-refractivity contribution in [1.82, 2.24) is 9.47 Å². The normalized spacial score (nSPS) is 13.2. The number of rotatable bonds is 4. The Morgan fingerprint density at radius 1 is 0.963 bits per heavy atom. The first-order valence-electron chi connectivity index (χ1n) is 8.34. The van der Waals surface area contributed by atoms with Crippen molar-refractivity contribution in [3.63, 3.8) is 0 Å². The van der Waals surface area contributed by atoms with Gasteiger partial charge in [0.2, 0.25) is 0 Å². The molecule has 0 N–H and O–H groups in total. The van der Waals surface area contributed by atoms with Crippen LogP contribution in [0.1, 0.15) is 42.5 Å². The van der Waals surface area contributed by atoms with Crippen LogP contribution in [-0.4, -0.2) is 34.0 Å². The topological polar surface area (TPSA) is 68.6 Å². The molecule has 0 spiro atoms. The Balaban J connectivity index is 1.53. The Morgan fingerprint density at radius 2 is 1.56 bits per heavy atom. The molecular weight excluding hydrogens is 364 g/mol. The summed E-state index contributed by atoms with van der Waals surface area (Å²) in [6.45, 7) is 3.51. The van der Waals surface area contributed by atoms with E-state index in [1.807, 2.05) is 35.9 Å². The maximum Gasteiger partial charge on any atom is 0.342 e. The number of nitrogens with zero attached hydrogens (tertiary/aromatic N) is 2. The van der Waals surface area contributed by atoms with Gasteiger partial charge in [-0.25, -0.2) is 9.69 Å². The molecule has 0 bridgehead atoms. The molecule has 0 radical (unpaired) electrons. The average molecular weight is 380 g/mol. The summed E-state index contributed by atoms with van der Waals surface area (Å²) in [5, 5.41) is 2.56. The molecule has 4 rings (SSSR count). The SMILES string of the molecule is Cc1ccc(C)n1-c1sccc1C(=O)OCN1C(=O)c2ccccc2C1=O. The van der Waals surface area contributed by atoms with Crippen LogP contribution in [0.15, 0.2) is 47.8 Å². The lowest BCUT2D eigenvalue weighted by Crippen LogP contribution is -2.33. The van der Waals surface area contributed by atoms with Crippen molar-refractivity contribution < 1.29 is 19.1 Å². The molecule has 0 saturated heterocycles. The summed E-state index contributed by atoms with van der Waals surface area (Å²) < 4.78 is 7.27. The smallest absolute Gasteiger partial charge is 0.342 e. The fraction of sp³-hybridized carbons (Fsp3) is 0.150. The van der Waals surface area contributed by atoms with Crippen molar-refractivity contribution >= 4 is 29.1 Å². The quantitative estimate of drug-likeness (QED) is 0.513. The minimum Gasteiger partial charge on any atom is -0.440 e. The molecule has 0 saturated carbocycles. The highest BCUT2D eigenvalue weighted by atomic mass is 32.1. The largest absolute Gasteiger partial charge is 0.440 e. The number of carbonyl (C=O) groups excluding carboxylic acids is 3. The lowest BCUT2D eigenvalue weighted by Gasteiger charge is -2.15. The van der Waals surface area contributed by atoms with Crippen molar-refractivity contribution in [2.45, 2.75) is 13.8 Å². The molecule has 1 aromatic carbocycles. The molecule has 7 heteroatoms. The lowest BCUT2D eigenvalue weighted by atomic mass is 10.1. The van der Waals surface area contributed by atoms with Crippen molar-refractivity contribution in [3.8, 4) is 5.00 Å². The Morgan fingerprint density at radius 3 is 2.15 bits per heavy atom. The first kappa shape index (κ1) is 17.2. The molecule has 0 fully saturated rings. The molecule has 2 aromatic heterocycles. The maximum absolute atomic E-state index is 12.6. The number of thiophene rings is 1. The van der Waals surface area contributed by atoms with Gasteiger partial charge in [-0.15, -0.1) is 11.3 Å². The summed E-state index contributed by atoms with van der Waals surface area (Å²) in [6, 6.07) is 12.2. The van der Waals surface area contributed by atoms with Crippen molar-refractivity contribution in [2.75, 3.05) is 6.73 Å². The predicted molar refractivity (Wildman–Crippen MR) is 100 cm³/mol. The second-order valence-electron chi connectivity index (χ2n) is 6.24. The van der Waals surface area contributed by atoms with Gasteiger partial charge in [-0.3, -0.25) is 9.59 Å². The molecule has 136 valence electrons. The molecule has 27 heavy (non-hydrogen) atoms. The molecular formula is C20H16N2O4S. The van der Waals surface area contributed by atoms with Crippen LogP contribution < -0.4 is 0 Å². The van der Waals surface area contributed by atoms with Crippen LogP contribution in [0.4, 0.5) is 0 Å². The van der Waals surface area contributed by atoms with E-state index in [1.165, 1.54) is 11.3 Å². The van der Waals surface area contributed by atoms with E-state index in [2.05, 4.69) is 0 Å². The molecule has 1 aliphatic rings. The third-order valence-corrected chi connectivity index (χ3v) is 5.44. The van der Waals surface area contributed by atoms with Gasteiger partial charge in [-0.2, -0.15) is 0 Å². The highest BCUT2D eigenvalue weighted by molar-refractivity contribution is 7.13. The van der Waals surface area contributed by atoms with Gasteiger partial charge in [0.15, 0.2) is 6.73 Å². The fourth-order valence-electron chi connectivity index (χ4n) is 3.18.